The zero-order valence-corrected chi connectivity index (χ0v) is 10.4. The lowest BCUT2D eigenvalue weighted by Crippen LogP contribution is -2.19. The van der Waals surface area contributed by atoms with Crippen LogP contribution in [0.25, 0.3) is 6.08 Å². The summed E-state index contributed by atoms with van der Waals surface area (Å²) in [5, 5.41) is 0. The topological polar surface area (TPSA) is 17.1 Å². The molecule has 0 aliphatic carbocycles. The number of benzene rings is 1. The largest absolute Gasteiger partial charge is 0.299 e. The summed E-state index contributed by atoms with van der Waals surface area (Å²) in [6.07, 6.45) is 5.59. The van der Waals surface area contributed by atoms with E-state index in [0.29, 0.717) is 12.2 Å². The van der Waals surface area contributed by atoms with E-state index < -0.39 is 0 Å². The minimum atomic E-state index is -0.208. The Morgan fingerprint density at radius 3 is 2.38 bits per heavy atom. The third kappa shape index (κ3) is 4.43. The minimum Gasteiger partial charge on any atom is -0.299 e. The Hall–Kier alpha value is -1.37. The van der Waals surface area contributed by atoms with Gasteiger partial charge in [0.05, 0.1) is 0 Å². The molecular formula is C15H20O. The first-order valence-electron chi connectivity index (χ1n) is 5.75. The van der Waals surface area contributed by atoms with E-state index in [1.54, 1.807) is 0 Å². The van der Waals surface area contributed by atoms with Crippen LogP contribution in [0.4, 0.5) is 0 Å². The summed E-state index contributed by atoms with van der Waals surface area (Å²) in [5.74, 6) is 0.324. The smallest absolute Gasteiger partial charge is 0.138 e. The van der Waals surface area contributed by atoms with Crippen LogP contribution in [0.15, 0.2) is 36.4 Å². The number of hydrogen-bond donors (Lipinski definition) is 0. The lowest BCUT2D eigenvalue weighted by molar-refractivity contribution is -0.126. The molecule has 86 valence electrons. The lowest BCUT2D eigenvalue weighted by Gasteiger charge is -2.15. The molecule has 0 bridgehead atoms. The van der Waals surface area contributed by atoms with Gasteiger partial charge >= 0.3 is 0 Å². The van der Waals surface area contributed by atoms with Gasteiger partial charge in [0.1, 0.15) is 5.78 Å². The molecule has 1 rings (SSSR count). The van der Waals surface area contributed by atoms with Gasteiger partial charge in [-0.15, -0.1) is 0 Å². The molecule has 1 aromatic rings. The van der Waals surface area contributed by atoms with Crippen LogP contribution < -0.4 is 0 Å². The SMILES string of the molecule is CC(C)(C)C(=O)CC/C=C/c1ccccc1. The van der Waals surface area contributed by atoms with Crippen molar-refractivity contribution < 1.29 is 4.79 Å². The molecule has 1 heteroatoms. The van der Waals surface area contributed by atoms with Gasteiger partial charge in [-0.25, -0.2) is 0 Å². The minimum absolute atomic E-state index is 0.208. The number of allylic oxidation sites excluding steroid dienone is 1. The number of carbonyl (C=O) groups is 1. The van der Waals surface area contributed by atoms with Gasteiger partial charge in [-0.2, -0.15) is 0 Å². The highest BCUT2D eigenvalue weighted by molar-refractivity contribution is 5.83. The maximum Gasteiger partial charge on any atom is 0.138 e. The van der Waals surface area contributed by atoms with E-state index in [0.717, 1.165) is 6.42 Å². The van der Waals surface area contributed by atoms with Crippen molar-refractivity contribution in [2.24, 2.45) is 5.41 Å². The Balaban J connectivity index is 2.37. The second-order valence-corrected chi connectivity index (χ2v) is 5.02. The summed E-state index contributed by atoms with van der Waals surface area (Å²) in [7, 11) is 0. The second kappa shape index (κ2) is 5.64. The van der Waals surface area contributed by atoms with E-state index in [-0.39, 0.29) is 5.41 Å². The lowest BCUT2D eigenvalue weighted by atomic mass is 9.88. The van der Waals surface area contributed by atoms with Crippen LogP contribution in [0.3, 0.4) is 0 Å². The van der Waals surface area contributed by atoms with Crippen LogP contribution in [-0.4, -0.2) is 5.78 Å². The Morgan fingerprint density at radius 1 is 1.19 bits per heavy atom. The highest BCUT2D eigenvalue weighted by Crippen LogP contribution is 2.17. The van der Waals surface area contributed by atoms with Gasteiger partial charge < -0.3 is 0 Å². The van der Waals surface area contributed by atoms with Crippen LogP contribution in [0, 0.1) is 5.41 Å². The molecule has 0 aliphatic heterocycles. The van der Waals surface area contributed by atoms with Gasteiger partial charge in [0, 0.05) is 11.8 Å². The molecule has 0 spiro atoms. The van der Waals surface area contributed by atoms with Crippen molar-refractivity contribution in [1.82, 2.24) is 0 Å². The summed E-state index contributed by atoms with van der Waals surface area (Å²) >= 11 is 0. The average Bonchev–Trinajstić information content (AvgIpc) is 2.24. The van der Waals surface area contributed by atoms with Crippen LogP contribution >= 0.6 is 0 Å². The molecule has 16 heavy (non-hydrogen) atoms. The zero-order chi connectivity index (χ0) is 12.0. The number of Topliss-reactive ketones (excluding diaryl/α,β-unsaturated/α-hetero) is 1. The van der Waals surface area contributed by atoms with Crippen molar-refractivity contribution in [2.45, 2.75) is 33.6 Å². The number of rotatable bonds is 4. The summed E-state index contributed by atoms with van der Waals surface area (Å²) in [6, 6.07) is 10.1. The molecule has 0 atom stereocenters. The quantitative estimate of drug-likeness (QED) is 0.740. The van der Waals surface area contributed by atoms with Crippen molar-refractivity contribution in [3.05, 3.63) is 42.0 Å². The molecule has 0 N–H and O–H groups in total. The normalized spacial score (nSPS) is 11.9. The van der Waals surface area contributed by atoms with Gasteiger partial charge in [-0.1, -0.05) is 63.3 Å². The fourth-order valence-corrected chi connectivity index (χ4v) is 1.37. The van der Waals surface area contributed by atoms with Crippen LogP contribution in [0.2, 0.25) is 0 Å². The summed E-state index contributed by atoms with van der Waals surface area (Å²) < 4.78 is 0. The Bertz CT molecular complexity index is 355. The van der Waals surface area contributed by atoms with Gasteiger partial charge in [-0.3, -0.25) is 4.79 Å². The van der Waals surface area contributed by atoms with E-state index in [2.05, 4.69) is 24.3 Å². The first-order valence-corrected chi connectivity index (χ1v) is 5.75. The molecule has 0 fully saturated rings. The molecule has 1 nitrogen and oxygen atoms in total. The third-order valence-electron chi connectivity index (χ3n) is 2.48. The average molecular weight is 216 g/mol. The molecule has 0 radical (unpaired) electrons. The van der Waals surface area contributed by atoms with Crippen molar-refractivity contribution in [3.8, 4) is 0 Å². The number of hydrogen-bond acceptors (Lipinski definition) is 1. The van der Waals surface area contributed by atoms with Gasteiger partial charge in [0.15, 0.2) is 0 Å². The summed E-state index contributed by atoms with van der Waals surface area (Å²) in [5.41, 5.74) is 0.978. The Kier molecular flexibility index (Phi) is 4.48. The molecule has 0 unspecified atom stereocenters. The molecule has 0 aromatic heterocycles. The van der Waals surface area contributed by atoms with Crippen molar-refractivity contribution in [1.29, 1.82) is 0 Å². The van der Waals surface area contributed by atoms with E-state index in [4.69, 9.17) is 0 Å². The summed E-state index contributed by atoms with van der Waals surface area (Å²) in [4.78, 5) is 11.6. The Morgan fingerprint density at radius 2 is 1.81 bits per heavy atom. The van der Waals surface area contributed by atoms with Crippen molar-refractivity contribution >= 4 is 11.9 Å². The highest BCUT2D eigenvalue weighted by Gasteiger charge is 2.19. The Labute approximate surface area is 98.2 Å². The second-order valence-electron chi connectivity index (χ2n) is 5.02. The van der Waals surface area contributed by atoms with Gasteiger partial charge in [-0.05, 0) is 12.0 Å². The van der Waals surface area contributed by atoms with Gasteiger partial charge in [0.25, 0.3) is 0 Å². The molecule has 0 heterocycles. The number of ketones is 1. The molecular weight excluding hydrogens is 196 g/mol. The maximum absolute atomic E-state index is 11.6. The predicted molar refractivity (Wildman–Crippen MR) is 69.2 cm³/mol. The first kappa shape index (κ1) is 12.7. The van der Waals surface area contributed by atoms with Crippen LogP contribution in [0.5, 0.6) is 0 Å². The van der Waals surface area contributed by atoms with Crippen molar-refractivity contribution in [3.63, 3.8) is 0 Å². The molecule has 0 aliphatic rings. The molecule has 1 aromatic carbocycles. The van der Waals surface area contributed by atoms with Gasteiger partial charge in [0.2, 0.25) is 0 Å². The van der Waals surface area contributed by atoms with E-state index in [1.807, 2.05) is 39.0 Å². The standard InChI is InChI=1S/C15H20O/c1-15(2,3)14(16)12-8-7-11-13-9-5-4-6-10-13/h4-7,9-11H,8,12H2,1-3H3/b11-7+. The third-order valence-corrected chi connectivity index (χ3v) is 2.48. The van der Waals surface area contributed by atoms with Crippen LogP contribution in [0.1, 0.15) is 39.2 Å². The van der Waals surface area contributed by atoms with E-state index in [9.17, 15) is 4.79 Å². The summed E-state index contributed by atoms with van der Waals surface area (Å²) in [6.45, 7) is 5.91. The first-order chi connectivity index (χ1) is 7.50. The fraction of sp³-hybridized carbons (Fsp3) is 0.400. The highest BCUT2D eigenvalue weighted by atomic mass is 16.1. The molecule has 0 saturated heterocycles. The molecule has 0 saturated carbocycles. The number of carbonyl (C=O) groups excluding carboxylic acids is 1. The van der Waals surface area contributed by atoms with Crippen molar-refractivity contribution in [2.75, 3.05) is 0 Å². The van der Waals surface area contributed by atoms with E-state index >= 15 is 0 Å². The van der Waals surface area contributed by atoms with E-state index in [1.165, 1.54) is 5.56 Å². The molecule has 0 amide bonds. The fourth-order valence-electron chi connectivity index (χ4n) is 1.37. The predicted octanol–water partition coefficient (Wildman–Crippen LogP) is 4.10. The van der Waals surface area contributed by atoms with Crippen LogP contribution in [-0.2, 0) is 4.79 Å². The monoisotopic (exact) mass is 216 g/mol. The zero-order valence-electron chi connectivity index (χ0n) is 10.4. The maximum atomic E-state index is 11.6.